The highest BCUT2D eigenvalue weighted by Crippen LogP contribution is 2.66. The number of thioether (sulfide) groups is 1. The molecule has 2 N–H and O–H groups in total. The molecule has 4 aromatic rings. The summed E-state index contributed by atoms with van der Waals surface area (Å²) in [5, 5.41) is 27.6. The van der Waals surface area contributed by atoms with Gasteiger partial charge in [0, 0.05) is 83.9 Å². The second kappa shape index (κ2) is 12.5. The quantitative estimate of drug-likeness (QED) is 0.197. The Balaban J connectivity index is 1.27. The molecule has 56 heavy (non-hydrogen) atoms. The molecule has 4 bridgehead atoms. The van der Waals surface area contributed by atoms with Gasteiger partial charge in [-0.25, -0.2) is 4.79 Å². The van der Waals surface area contributed by atoms with Gasteiger partial charge in [0.2, 0.25) is 6.79 Å². The number of carbonyl (C=O) groups excluding carboxylic acids is 2. The third kappa shape index (κ3) is 4.65. The number of nitriles is 1. The van der Waals surface area contributed by atoms with Crippen molar-refractivity contribution in [1.29, 1.82) is 5.26 Å². The van der Waals surface area contributed by atoms with Crippen LogP contribution >= 0.6 is 11.8 Å². The number of aryl methyl sites for hydroxylation is 1. The number of hydrogen-bond donors (Lipinski definition) is 2. The van der Waals surface area contributed by atoms with E-state index in [1.54, 1.807) is 7.11 Å². The molecule has 3 unspecified atom stereocenters. The maximum Gasteiger partial charge on any atom is 0.335 e. The number of rotatable bonds is 2. The number of aromatic hydroxyl groups is 1. The molecular formula is C42H42N4O9S. The number of hydrogen-bond acceptors (Lipinski definition) is 14. The largest absolute Gasteiger partial charge is 0.504 e. The first-order valence-corrected chi connectivity index (χ1v) is 20.1. The topological polar surface area (TPSA) is 156 Å². The van der Waals surface area contributed by atoms with E-state index in [-0.39, 0.29) is 24.9 Å². The van der Waals surface area contributed by atoms with E-state index >= 15 is 0 Å². The maximum absolute atomic E-state index is 14.7. The van der Waals surface area contributed by atoms with Crippen molar-refractivity contribution in [1.82, 2.24) is 15.1 Å². The number of para-hydroxylation sites is 1. The number of ether oxygens (including phenoxy) is 5. The molecule has 1 aromatic heterocycles. The standard InChI is InChI=1S/C42H42N4O9S/c1-20-14-23-15-41(16-43)17-45(4)31(28(23)33(48)34(20)50-5)32-38-30-29(37-36(52-19-53-37)21(2)35(30)54-22(3)47)26(46(32)41)11-13-51-40(49)42(18-56-38)39-25(10-12-44-42)24-8-6-7-9-27(24)55-39/h6-9,14,26,31-32,38,44,48H,10-13,15,17-19H2,1-5H3/t26-,31?,32+,38+,41?,42+/m0/s1. The van der Waals surface area contributed by atoms with Crippen LogP contribution in [0.4, 0.5) is 0 Å². The smallest absolute Gasteiger partial charge is 0.335 e. The Bertz CT molecular complexity index is 2430. The summed E-state index contributed by atoms with van der Waals surface area (Å²) in [6.45, 7) is 6.03. The van der Waals surface area contributed by atoms with Gasteiger partial charge in [-0.05, 0) is 44.5 Å². The molecule has 13 nitrogen and oxygen atoms in total. The predicted octanol–water partition coefficient (Wildman–Crippen LogP) is 5.41. The molecule has 7 atom stereocenters. The lowest BCUT2D eigenvalue weighted by Gasteiger charge is -2.60. The summed E-state index contributed by atoms with van der Waals surface area (Å²) >= 11 is 1.53. The van der Waals surface area contributed by atoms with Crippen LogP contribution in [0.3, 0.4) is 0 Å². The van der Waals surface area contributed by atoms with Crippen molar-refractivity contribution in [3.8, 4) is 34.8 Å². The molecule has 2 fully saturated rings. The van der Waals surface area contributed by atoms with Crippen molar-refractivity contribution in [2.75, 3.05) is 46.4 Å². The summed E-state index contributed by atoms with van der Waals surface area (Å²) in [7, 11) is 3.54. The van der Waals surface area contributed by atoms with Crippen molar-refractivity contribution >= 4 is 34.7 Å². The minimum absolute atomic E-state index is 0.0139. The first-order chi connectivity index (χ1) is 27.0. The van der Waals surface area contributed by atoms with E-state index in [0.717, 1.165) is 33.2 Å². The van der Waals surface area contributed by atoms with Crippen molar-refractivity contribution in [3.63, 3.8) is 0 Å². The average molecular weight is 779 g/mol. The fourth-order valence-electron chi connectivity index (χ4n) is 10.8. The molecule has 1 spiro atoms. The Hall–Kier alpha value is -4.94. The number of furan rings is 1. The van der Waals surface area contributed by atoms with E-state index in [9.17, 15) is 20.0 Å². The van der Waals surface area contributed by atoms with Crippen LogP contribution in [0.5, 0.6) is 28.7 Å². The van der Waals surface area contributed by atoms with E-state index in [4.69, 9.17) is 28.1 Å². The van der Waals surface area contributed by atoms with Crippen LogP contribution in [0.15, 0.2) is 34.7 Å². The molecule has 8 aliphatic heterocycles. The molecule has 0 amide bonds. The molecule has 3 aromatic carbocycles. The number of carbonyl (C=O) groups is 2. The minimum Gasteiger partial charge on any atom is -0.504 e. The van der Waals surface area contributed by atoms with Crippen LogP contribution in [-0.4, -0.2) is 84.8 Å². The van der Waals surface area contributed by atoms with Gasteiger partial charge < -0.3 is 33.2 Å². The maximum atomic E-state index is 14.7. The second-order valence-corrected chi connectivity index (χ2v) is 17.0. The highest BCUT2D eigenvalue weighted by Gasteiger charge is 2.64. The first kappa shape index (κ1) is 35.5. The van der Waals surface area contributed by atoms with Crippen LogP contribution in [0.25, 0.3) is 11.0 Å². The minimum atomic E-state index is -1.36. The number of nitrogens with zero attached hydrogens (tertiary/aromatic N) is 3. The summed E-state index contributed by atoms with van der Waals surface area (Å²) in [4.78, 5) is 32.2. The molecule has 0 saturated carbocycles. The lowest BCUT2D eigenvalue weighted by atomic mass is 9.75. The summed E-state index contributed by atoms with van der Waals surface area (Å²) in [6, 6.07) is 11.1. The van der Waals surface area contributed by atoms with Crippen molar-refractivity contribution < 1.29 is 42.8 Å². The Kier molecular flexibility index (Phi) is 7.94. The van der Waals surface area contributed by atoms with Gasteiger partial charge in [-0.2, -0.15) is 5.26 Å². The molecule has 0 aliphatic carbocycles. The Labute approximate surface area is 327 Å². The average Bonchev–Trinajstić information content (AvgIpc) is 3.76. The third-order valence-corrected chi connectivity index (χ3v) is 14.3. The lowest BCUT2D eigenvalue weighted by Crippen LogP contribution is -2.68. The zero-order valence-electron chi connectivity index (χ0n) is 31.8. The van der Waals surface area contributed by atoms with Gasteiger partial charge in [0.05, 0.1) is 31.1 Å². The molecular weight excluding hydrogens is 737 g/mol. The molecule has 9 heterocycles. The van der Waals surface area contributed by atoms with E-state index < -0.39 is 46.4 Å². The van der Waals surface area contributed by atoms with Crippen LogP contribution < -0.4 is 24.3 Å². The van der Waals surface area contributed by atoms with E-state index in [1.807, 2.05) is 51.2 Å². The van der Waals surface area contributed by atoms with E-state index in [2.05, 4.69) is 21.2 Å². The van der Waals surface area contributed by atoms with Crippen molar-refractivity contribution in [2.45, 2.75) is 74.5 Å². The zero-order chi connectivity index (χ0) is 38.8. The van der Waals surface area contributed by atoms with Gasteiger partial charge in [-0.1, -0.05) is 24.3 Å². The van der Waals surface area contributed by atoms with Crippen molar-refractivity contribution in [2.24, 2.45) is 0 Å². The van der Waals surface area contributed by atoms with Crippen LogP contribution in [0.2, 0.25) is 0 Å². The monoisotopic (exact) mass is 778 g/mol. The normalized spacial score (nSPS) is 30.0. The number of phenols is 1. The fourth-order valence-corrected chi connectivity index (χ4v) is 12.4. The summed E-state index contributed by atoms with van der Waals surface area (Å²) in [5.74, 6) is 1.61. The predicted molar refractivity (Wildman–Crippen MR) is 204 cm³/mol. The highest BCUT2D eigenvalue weighted by atomic mass is 32.2. The highest BCUT2D eigenvalue weighted by molar-refractivity contribution is 7.99. The third-order valence-electron chi connectivity index (χ3n) is 12.8. The van der Waals surface area contributed by atoms with Gasteiger partial charge in [-0.3, -0.25) is 19.9 Å². The van der Waals surface area contributed by atoms with Crippen LogP contribution in [0, 0.1) is 25.2 Å². The summed E-state index contributed by atoms with van der Waals surface area (Å²) in [5.41, 5.74) is 3.68. The molecule has 290 valence electrons. The number of likely N-dealkylation sites (N-methyl/N-ethyl adjacent to an activating group) is 1. The number of methoxy groups -OCH3 is 1. The summed E-state index contributed by atoms with van der Waals surface area (Å²) in [6.07, 6.45) is 1.29. The number of phenolic OH excluding ortho intramolecular Hbond substituents is 1. The molecule has 14 heteroatoms. The molecule has 8 aliphatic rings. The number of piperazine rings is 1. The first-order valence-electron chi connectivity index (χ1n) is 19.0. The van der Waals surface area contributed by atoms with Crippen LogP contribution in [-0.2, 0) is 32.7 Å². The van der Waals surface area contributed by atoms with Gasteiger partial charge in [0.15, 0.2) is 28.5 Å². The van der Waals surface area contributed by atoms with Gasteiger partial charge in [-0.15, -0.1) is 11.8 Å². The van der Waals surface area contributed by atoms with E-state index in [0.29, 0.717) is 77.8 Å². The summed E-state index contributed by atoms with van der Waals surface area (Å²) < 4.78 is 37.3. The van der Waals surface area contributed by atoms with Gasteiger partial charge in [0.25, 0.3) is 0 Å². The Morgan fingerprint density at radius 3 is 2.71 bits per heavy atom. The van der Waals surface area contributed by atoms with E-state index in [1.165, 1.54) is 18.7 Å². The van der Waals surface area contributed by atoms with Crippen LogP contribution in [0.1, 0.15) is 75.4 Å². The number of fused-ring (bicyclic) bond motifs is 9. The van der Waals surface area contributed by atoms with Crippen molar-refractivity contribution in [3.05, 3.63) is 75.0 Å². The second-order valence-electron chi connectivity index (χ2n) is 15.8. The number of nitrogens with one attached hydrogen (secondary N) is 1. The fraction of sp³-hybridized carbons (Fsp3) is 0.452. The zero-order valence-corrected chi connectivity index (χ0v) is 32.6. The lowest BCUT2D eigenvalue weighted by molar-refractivity contribution is -0.153. The number of benzene rings is 3. The molecule has 0 radical (unpaired) electrons. The SMILES string of the molecule is COc1c(C)cc2c(c1O)C1[C@@H]3[C@@H]4SC[C@]5(NCCc6c5oc5ccccc65)C(=O)OCC[C@@H](c5c6c(c(C)c(OC(C)=O)c54)OCO6)N3C(C#N)(C2)CN1C. The Morgan fingerprint density at radius 2 is 1.93 bits per heavy atom. The van der Waals surface area contributed by atoms with Gasteiger partial charge >= 0.3 is 11.9 Å². The molecule has 2 saturated heterocycles. The Morgan fingerprint density at radius 1 is 1.12 bits per heavy atom. The van der Waals surface area contributed by atoms with Gasteiger partial charge in [0.1, 0.15) is 22.6 Å². The number of esters is 2. The molecule has 12 rings (SSSR count).